The maximum Gasteiger partial charge on any atom is 0.198 e. The molecular weight excluding hydrogens is 415 g/mol. The minimum atomic E-state index is -0.0746. The summed E-state index contributed by atoms with van der Waals surface area (Å²) < 4.78 is 7.28. The summed E-state index contributed by atoms with van der Waals surface area (Å²) in [7, 11) is 0. The lowest BCUT2D eigenvalue weighted by atomic mass is 10.0. The first-order valence-corrected chi connectivity index (χ1v) is 8.29. The summed E-state index contributed by atoms with van der Waals surface area (Å²) in [5.74, 6) is 0.595. The van der Waals surface area contributed by atoms with Crippen LogP contribution in [-0.4, -0.2) is 12.4 Å². The lowest BCUT2D eigenvalue weighted by molar-refractivity contribution is 0.103. The van der Waals surface area contributed by atoms with Crippen molar-refractivity contribution < 1.29 is 9.53 Å². The van der Waals surface area contributed by atoms with Gasteiger partial charge in [0, 0.05) is 17.0 Å². The molecule has 0 amide bonds. The standard InChI is InChI=1S/C13H7Br2ClO2S/c14-10-5-9(13(15)19-10)11(17)8-4-7(16)3-6-1-2-18-12(6)8/h3-5H,1-2H2. The van der Waals surface area contributed by atoms with E-state index in [0.29, 0.717) is 28.5 Å². The number of hydrogen-bond acceptors (Lipinski definition) is 3. The molecule has 1 aliphatic rings. The lowest BCUT2D eigenvalue weighted by Crippen LogP contribution is -2.03. The lowest BCUT2D eigenvalue weighted by Gasteiger charge is -2.07. The molecule has 0 unspecified atom stereocenters. The molecule has 0 saturated carbocycles. The maximum absolute atomic E-state index is 12.6. The average Bonchev–Trinajstić information content (AvgIpc) is 2.93. The molecule has 1 aliphatic heterocycles. The van der Waals surface area contributed by atoms with E-state index in [1.807, 2.05) is 6.07 Å². The van der Waals surface area contributed by atoms with Crippen molar-refractivity contribution in [1.82, 2.24) is 0 Å². The number of carbonyl (C=O) groups excluding carboxylic acids is 1. The zero-order chi connectivity index (χ0) is 13.6. The fourth-order valence-electron chi connectivity index (χ4n) is 2.08. The fourth-order valence-corrected chi connectivity index (χ4v) is 5.11. The van der Waals surface area contributed by atoms with Crippen molar-refractivity contribution in [3.63, 3.8) is 0 Å². The van der Waals surface area contributed by atoms with Crippen LogP contribution in [0.5, 0.6) is 5.75 Å². The minimum Gasteiger partial charge on any atom is -0.492 e. The van der Waals surface area contributed by atoms with Gasteiger partial charge < -0.3 is 4.74 Å². The van der Waals surface area contributed by atoms with Gasteiger partial charge in [-0.25, -0.2) is 0 Å². The van der Waals surface area contributed by atoms with Gasteiger partial charge in [-0.2, -0.15) is 0 Å². The van der Waals surface area contributed by atoms with Gasteiger partial charge in [0.2, 0.25) is 0 Å². The Morgan fingerprint density at radius 3 is 2.74 bits per heavy atom. The predicted molar refractivity (Wildman–Crippen MR) is 83.8 cm³/mol. The molecule has 0 N–H and O–H groups in total. The van der Waals surface area contributed by atoms with Crippen molar-refractivity contribution in [2.24, 2.45) is 0 Å². The van der Waals surface area contributed by atoms with E-state index in [4.69, 9.17) is 16.3 Å². The van der Waals surface area contributed by atoms with Crippen LogP contribution >= 0.6 is 54.8 Å². The normalized spacial score (nSPS) is 13.2. The average molecular weight is 423 g/mol. The minimum absolute atomic E-state index is 0.0746. The molecule has 2 nitrogen and oxygen atoms in total. The van der Waals surface area contributed by atoms with Crippen molar-refractivity contribution in [3.05, 3.63) is 47.5 Å². The highest BCUT2D eigenvalue weighted by Crippen LogP contribution is 2.38. The zero-order valence-corrected chi connectivity index (χ0v) is 14.2. The first-order chi connectivity index (χ1) is 9.06. The van der Waals surface area contributed by atoms with Crippen LogP contribution in [0.15, 0.2) is 25.8 Å². The Balaban J connectivity index is 2.12. The van der Waals surface area contributed by atoms with Crippen LogP contribution in [0.2, 0.25) is 5.02 Å². The number of hydrogen-bond donors (Lipinski definition) is 0. The van der Waals surface area contributed by atoms with E-state index in [2.05, 4.69) is 31.9 Å². The third kappa shape index (κ3) is 2.49. The van der Waals surface area contributed by atoms with Crippen LogP contribution < -0.4 is 4.74 Å². The predicted octanol–water partition coefficient (Wildman–Crippen LogP) is 5.09. The molecule has 98 valence electrons. The molecule has 0 aliphatic carbocycles. The number of rotatable bonds is 2. The van der Waals surface area contributed by atoms with Crippen LogP contribution in [0, 0.1) is 0 Å². The number of carbonyl (C=O) groups is 1. The molecule has 0 fully saturated rings. The molecular formula is C13H7Br2ClO2S. The van der Waals surface area contributed by atoms with E-state index < -0.39 is 0 Å². The van der Waals surface area contributed by atoms with Gasteiger partial charge in [-0.05, 0) is 55.6 Å². The van der Waals surface area contributed by atoms with E-state index in [9.17, 15) is 4.79 Å². The van der Waals surface area contributed by atoms with E-state index in [-0.39, 0.29) is 5.78 Å². The molecule has 2 aromatic rings. The van der Waals surface area contributed by atoms with Gasteiger partial charge >= 0.3 is 0 Å². The van der Waals surface area contributed by atoms with Gasteiger partial charge in [-0.3, -0.25) is 4.79 Å². The topological polar surface area (TPSA) is 26.3 Å². The van der Waals surface area contributed by atoms with Crippen molar-refractivity contribution in [2.45, 2.75) is 6.42 Å². The largest absolute Gasteiger partial charge is 0.492 e. The van der Waals surface area contributed by atoms with Gasteiger partial charge in [0.05, 0.1) is 19.7 Å². The highest BCUT2D eigenvalue weighted by molar-refractivity contribution is 9.12. The summed E-state index contributed by atoms with van der Waals surface area (Å²) in [4.78, 5) is 12.6. The molecule has 6 heteroatoms. The van der Waals surface area contributed by atoms with Gasteiger partial charge in [0.25, 0.3) is 0 Å². The molecule has 0 saturated heterocycles. The number of halogens is 3. The van der Waals surface area contributed by atoms with E-state index in [0.717, 1.165) is 19.6 Å². The van der Waals surface area contributed by atoms with Crippen molar-refractivity contribution in [3.8, 4) is 5.75 Å². The third-order valence-electron chi connectivity index (χ3n) is 2.89. The molecule has 1 aromatic heterocycles. The molecule has 0 spiro atoms. The second kappa shape index (κ2) is 5.20. The van der Waals surface area contributed by atoms with E-state index in [1.165, 1.54) is 11.3 Å². The van der Waals surface area contributed by atoms with Gasteiger partial charge in [-0.15, -0.1) is 11.3 Å². The summed E-state index contributed by atoms with van der Waals surface area (Å²) >= 11 is 14.3. The Hall–Kier alpha value is -0.360. The molecule has 3 rings (SSSR count). The van der Waals surface area contributed by atoms with Crippen LogP contribution in [0.25, 0.3) is 0 Å². The number of ether oxygens (including phenoxy) is 1. The van der Waals surface area contributed by atoms with Crippen molar-refractivity contribution >= 4 is 60.6 Å². The molecule has 1 aromatic carbocycles. The SMILES string of the molecule is O=C(c1cc(Br)sc1Br)c1cc(Cl)cc2c1OCC2. The Kier molecular flexibility index (Phi) is 3.73. The van der Waals surface area contributed by atoms with Gasteiger partial charge in [0.1, 0.15) is 5.75 Å². The molecule has 19 heavy (non-hydrogen) atoms. The number of fused-ring (bicyclic) bond motifs is 1. The Bertz CT molecular complexity index is 682. The Morgan fingerprint density at radius 2 is 2.05 bits per heavy atom. The Morgan fingerprint density at radius 1 is 1.26 bits per heavy atom. The van der Waals surface area contributed by atoms with E-state index >= 15 is 0 Å². The second-order valence-corrected chi connectivity index (χ2v) is 8.29. The summed E-state index contributed by atoms with van der Waals surface area (Å²) in [6, 6.07) is 5.34. The van der Waals surface area contributed by atoms with Crippen LogP contribution in [0.3, 0.4) is 0 Å². The highest BCUT2D eigenvalue weighted by Gasteiger charge is 2.25. The van der Waals surface area contributed by atoms with E-state index in [1.54, 1.807) is 12.1 Å². The smallest absolute Gasteiger partial charge is 0.198 e. The third-order valence-corrected chi connectivity index (χ3v) is 5.45. The summed E-state index contributed by atoms with van der Waals surface area (Å²) in [6.07, 6.45) is 0.796. The number of thiophene rings is 1. The number of benzene rings is 1. The zero-order valence-electron chi connectivity index (χ0n) is 9.50. The number of ketones is 1. The summed E-state index contributed by atoms with van der Waals surface area (Å²) in [5.41, 5.74) is 2.16. The monoisotopic (exact) mass is 420 g/mol. The highest BCUT2D eigenvalue weighted by atomic mass is 79.9. The summed E-state index contributed by atoms with van der Waals surface area (Å²) in [6.45, 7) is 0.602. The molecule has 2 heterocycles. The molecule has 0 atom stereocenters. The summed E-state index contributed by atoms with van der Waals surface area (Å²) in [5, 5.41) is 0.568. The van der Waals surface area contributed by atoms with Gasteiger partial charge in [-0.1, -0.05) is 11.6 Å². The van der Waals surface area contributed by atoms with Crippen molar-refractivity contribution in [2.75, 3.05) is 6.61 Å². The Labute approximate surface area is 136 Å². The fraction of sp³-hybridized carbons (Fsp3) is 0.154. The van der Waals surface area contributed by atoms with Gasteiger partial charge in [0.15, 0.2) is 5.78 Å². The van der Waals surface area contributed by atoms with Crippen LogP contribution in [-0.2, 0) is 6.42 Å². The quantitative estimate of drug-likeness (QED) is 0.630. The van der Waals surface area contributed by atoms with Crippen molar-refractivity contribution in [1.29, 1.82) is 0 Å². The van der Waals surface area contributed by atoms with Crippen LogP contribution in [0.1, 0.15) is 21.5 Å². The second-order valence-electron chi connectivity index (χ2n) is 4.11. The maximum atomic E-state index is 12.6. The first kappa shape index (κ1) is 13.6. The molecule has 0 bridgehead atoms. The first-order valence-electron chi connectivity index (χ1n) is 5.51. The van der Waals surface area contributed by atoms with Crippen LogP contribution in [0.4, 0.5) is 0 Å². The molecule has 0 radical (unpaired) electrons.